The molecule has 2 aromatic heterocycles. The Morgan fingerprint density at radius 1 is 0.902 bits per heavy atom. The normalized spacial score (nSPS) is 21.3. The molecule has 2 saturated heterocycles. The summed E-state index contributed by atoms with van der Waals surface area (Å²) in [4.78, 5) is 10.4. The maximum atomic E-state index is 9.92. The minimum absolute atomic E-state index is 0.00641. The first-order valence-electron chi connectivity index (χ1n) is 14.9. The molecule has 2 aromatic carbocycles. The lowest BCUT2D eigenvalue weighted by Gasteiger charge is -2.55. The topological polar surface area (TPSA) is 66.7 Å². The highest BCUT2D eigenvalue weighted by atomic mass is 16.5. The zero-order valence-corrected chi connectivity index (χ0v) is 25.1. The monoisotopic (exact) mass is 553 g/mol. The van der Waals surface area contributed by atoms with Crippen LogP contribution in [-0.4, -0.2) is 60.4 Å². The number of phenolic OH excluding ortho intramolecular Hbond substituents is 1. The van der Waals surface area contributed by atoms with Gasteiger partial charge < -0.3 is 9.84 Å². The number of hydrogen-bond donors (Lipinski definition) is 1. The smallest absolute Gasteiger partial charge is 0.161 e. The van der Waals surface area contributed by atoms with Crippen molar-refractivity contribution in [2.45, 2.75) is 84.3 Å². The lowest BCUT2D eigenvalue weighted by Crippen LogP contribution is -2.66. The van der Waals surface area contributed by atoms with E-state index in [9.17, 15) is 5.11 Å². The van der Waals surface area contributed by atoms with Crippen LogP contribution < -0.4 is 0 Å². The van der Waals surface area contributed by atoms with Crippen LogP contribution in [0, 0.1) is 6.92 Å². The molecule has 2 aliphatic rings. The molecule has 0 bridgehead atoms. The molecule has 7 heteroatoms. The Hall–Kier alpha value is -3.26. The van der Waals surface area contributed by atoms with Gasteiger partial charge in [-0.25, -0.2) is 9.67 Å². The minimum Gasteiger partial charge on any atom is -0.508 e. The Balaban J connectivity index is 1.38. The van der Waals surface area contributed by atoms with Crippen LogP contribution >= 0.6 is 0 Å². The number of nitrogens with zero attached hydrogens (tertiary/aromatic N) is 5. The van der Waals surface area contributed by atoms with Crippen molar-refractivity contribution in [3.05, 3.63) is 77.5 Å². The number of ether oxygens (including phenoxy) is 1. The van der Waals surface area contributed by atoms with Gasteiger partial charge >= 0.3 is 0 Å². The molecule has 1 atom stereocenters. The number of aromatic hydroxyl groups is 1. The van der Waals surface area contributed by atoms with E-state index < -0.39 is 0 Å². The van der Waals surface area contributed by atoms with E-state index in [-0.39, 0.29) is 23.1 Å². The third kappa shape index (κ3) is 5.63. The summed E-state index contributed by atoms with van der Waals surface area (Å²) >= 11 is 0. The van der Waals surface area contributed by atoms with Crippen LogP contribution in [0.2, 0.25) is 0 Å². The van der Waals surface area contributed by atoms with E-state index in [4.69, 9.17) is 14.8 Å². The molecule has 1 unspecified atom stereocenters. The molecule has 0 amide bonds. The quantitative estimate of drug-likeness (QED) is 0.287. The van der Waals surface area contributed by atoms with Crippen molar-refractivity contribution in [3.8, 4) is 17.0 Å². The molecule has 4 aromatic rings. The summed E-state index contributed by atoms with van der Waals surface area (Å²) in [6.45, 7) is 16.0. The highest BCUT2D eigenvalue weighted by Crippen LogP contribution is 2.37. The maximum absolute atomic E-state index is 9.92. The van der Waals surface area contributed by atoms with Crippen molar-refractivity contribution in [3.63, 3.8) is 0 Å². The van der Waals surface area contributed by atoms with Gasteiger partial charge in [-0.05, 0) is 95.3 Å². The molecule has 1 N–H and O–H groups in total. The molecular weight excluding hydrogens is 510 g/mol. The number of aryl methyl sites for hydroxylation is 1. The molecule has 7 nitrogen and oxygen atoms in total. The SMILES string of the molecule is Cc1nn(C2CCCCO2)c2nc(-c3ccc(O)cc3)cc(CN3CC(C)(C)N(Cc4ccccc4)CC3(C)C)c12. The molecule has 2 aliphatic heterocycles. The van der Waals surface area contributed by atoms with Crippen molar-refractivity contribution in [2.75, 3.05) is 19.7 Å². The highest BCUT2D eigenvalue weighted by Gasteiger charge is 2.43. The number of rotatable bonds is 6. The average molecular weight is 554 g/mol. The number of phenols is 1. The van der Waals surface area contributed by atoms with E-state index in [2.05, 4.69) is 80.8 Å². The van der Waals surface area contributed by atoms with Crippen LogP contribution in [0.1, 0.15) is 70.0 Å². The van der Waals surface area contributed by atoms with Crippen molar-refractivity contribution in [1.29, 1.82) is 0 Å². The first-order chi connectivity index (χ1) is 19.6. The van der Waals surface area contributed by atoms with E-state index in [0.29, 0.717) is 0 Å². The van der Waals surface area contributed by atoms with Crippen molar-refractivity contribution < 1.29 is 9.84 Å². The summed E-state index contributed by atoms with van der Waals surface area (Å²) in [6, 6.07) is 20.4. The van der Waals surface area contributed by atoms with Crippen molar-refractivity contribution in [1.82, 2.24) is 24.6 Å². The van der Waals surface area contributed by atoms with Gasteiger partial charge in [0.25, 0.3) is 0 Å². The summed E-state index contributed by atoms with van der Waals surface area (Å²) in [6.07, 6.45) is 3.08. The predicted octanol–water partition coefficient (Wildman–Crippen LogP) is 6.69. The van der Waals surface area contributed by atoms with Gasteiger partial charge in [-0.3, -0.25) is 9.80 Å². The Kier molecular flexibility index (Phi) is 7.39. The van der Waals surface area contributed by atoms with Crippen molar-refractivity contribution >= 4 is 11.0 Å². The van der Waals surface area contributed by atoms with Gasteiger partial charge in [-0.15, -0.1) is 0 Å². The van der Waals surface area contributed by atoms with E-state index in [1.807, 2.05) is 16.8 Å². The Morgan fingerprint density at radius 3 is 2.24 bits per heavy atom. The summed E-state index contributed by atoms with van der Waals surface area (Å²) in [5.41, 5.74) is 6.31. The van der Waals surface area contributed by atoms with Gasteiger partial charge in [0, 0.05) is 54.8 Å². The predicted molar refractivity (Wildman–Crippen MR) is 164 cm³/mol. The first-order valence-corrected chi connectivity index (χ1v) is 14.9. The minimum atomic E-state index is -0.0905. The lowest BCUT2D eigenvalue weighted by atomic mass is 9.87. The number of pyridine rings is 1. The highest BCUT2D eigenvalue weighted by molar-refractivity contribution is 5.85. The second-order valence-electron chi connectivity index (χ2n) is 13.1. The molecule has 216 valence electrons. The van der Waals surface area contributed by atoms with E-state index >= 15 is 0 Å². The fourth-order valence-electron chi connectivity index (χ4n) is 6.54. The Bertz CT molecular complexity index is 1500. The molecular formula is C34H43N5O2. The zero-order chi connectivity index (χ0) is 28.8. The van der Waals surface area contributed by atoms with Crippen LogP contribution in [-0.2, 0) is 17.8 Å². The van der Waals surface area contributed by atoms with Gasteiger partial charge in [-0.2, -0.15) is 5.10 Å². The molecule has 4 heterocycles. The number of fused-ring (bicyclic) bond motifs is 1. The Morgan fingerprint density at radius 2 is 1.59 bits per heavy atom. The second kappa shape index (κ2) is 10.9. The molecule has 41 heavy (non-hydrogen) atoms. The number of benzene rings is 2. The molecule has 0 aliphatic carbocycles. The largest absolute Gasteiger partial charge is 0.508 e. The molecule has 6 rings (SSSR count). The Labute approximate surface area is 243 Å². The van der Waals surface area contributed by atoms with E-state index in [1.165, 1.54) is 11.1 Å². The molecule has 0 radical (unpaired) electrons. The third-order valence-electron chi connectivity index (χ3n) is 8.96. The van der Waals surface area contributed by atoms with Gasteiger partial charge in [0.15, 0.2) is 11.9 Å². The van der Waals surface area contributed by atoms with Crippen LogP contribution in [0.5, 0.6) is 5.75 Å². The van der Waals surface area contributed by atoms with Gasteiger partial charge in [-0.1, -0.05) is 30.3 Å². The van der Waals surface area contributed by atoms with Gasteiger partial charge in [0.1, 0.15) is 5.75 Å². The van der Waals surface area contributed by atoms with E-state index in [0.717, 1.165) is 80.0 Å². The standard InChI is InChI=1S/C34H43N5O2/c1-24-31-27(21-38-23-33(2,3)37(22-34(38,4)5)20-25-11-7-6-8-12-25)19-29(26-14-16-28(40)17-15-26)35-32(31)39(36-24)30-13-9-10-18-41-30/h6-8,11-12,14-17,19,30,40H,9-10,13,18,20-23H2,1-5H3. The molecule has 0 saturated carbocycles. The number of hydrogen-bond acceptors (Lipinski definition) is 6. The van der Waals surface area contributed by atoms with Gasteiger partial charge in [0.2, 0.25) is 0 Å². The summed E-state index contributed by atoms with van der Waals surface area (Å²) < 4.78 is 8.19. The van der Waals surface area contributed by atoms with Crippen LogP contribution in [0.15, 0.2) is 60.7 Å². The third-order valence-corrected chi connectivity index (χ3v) is 8.96. The van der Waals surface area contributed by atoms with Crippen LogP contribution in [0.3, 0.4) is 0 Å². The average Bonchev–Trinajstić information content (AvgIpc) is 3.29. The summed E-state index contributed by atoms with van der Waals surface area (Å²) in [5.74, 6) is 0.254. The lowest BCUT2D eigenvalue weighted by molar-refractivity contribution is -0.0643. The number of piperazine rings is 1. The first kappa shape index (κ1) is 27.9. The summed E-state index contributed by atoms with van der Waals surface area (Å²) in [5, 5.41) is 16.1. The fraction of sp³-hybridized carbons (Fsp3) is 0.471. The molecule has 0 spiro atoms. The maximum Gasteiger partial charge on any atom is 0.161 e. The second-order valence-corrected chi connectivity index (χ2v) is 13.1. The summed E-state index contributed by atoms with van der Waals surface area (Å²) in [7, 11) is 0. The van der Waals surface area contributed by atoms with Crippen LogP contribution in [0.25, 0.3) is 22.3 Å². The molecule has 2 fully saturated rings. The van der Waals surface area contributed by atoms with Gasteiger partial charge in [0.05, 0.1) is 11.4 Å². The fourth-order valence-corrected chi connectivity index (χ4v) is 6.54. The van der Waals surface area contributed by atoms with Crippen LogP contribution in [0.4, 0.5) is 0 Å². The van der Waals surface area contributed by atoms with E-state index in [1.54, 1.807) is 12.1 Å². The zero-order valence-electron chi connectivity index (χ0n) is 25.1. The number of aromatic nitrogens is 3. The van der Waals surface area contributed by atoms with Crippen molar-refractivity contribution in [2.24, 2.45) is 0 Å².